The molecule has 2 N–H and O–H groups in total. The summed E-state index contributed by atoms with van der Waals surface area (Å²) in [6.45, 7) is 3.84. The van der Waals surface area contributed by atoms with Crippen LogP contribution in [0.15, 0.2) is 24.3 Å². The van der Waals surface area contributed by atoms with Gasteiger partial charge in [0.25, 0.3) is 5.91 Å². The minimum atomic E-state index is -0.106. The number of rotatable bonds is 3. The molecule has 6 nitrogen and oxygen atoms in total. The lowest BCUT2D eigenvalue weighted by atomic mass is 10.1. The van der Waals surface area contributed by atoms with Crippen molar-refractivity contribution < 1.29 is 4.79 Å². The van der Waals surface area contributed by atoms with Crippen molar-refractivity contribution in [1.82, 2.24) is 25.9 Å². The van der Waals surface area contributed by atoms with E-state index in [-0.39, 0.29) is 11.9 Å². The third-order valence-electron chi connectivity index (χ3n) is 2.15. The van der Waals surface area contributed by atoms with Crippen molar-refractivity contribution in [3.63, 3.8) is 0 Å². The van der Waals surface area contributed by atoms with Gasteiger partial charge in [0.1, 0.15) is 0 Å². The molecule has 17 heavy (non-hydrogen) atoms. The van der Waals surface area contributed by atoms with Crippen LogP contribution < -0.4 is 5.32 Å². The Balaban J connectivity index is 2.26. The Kier molecular flexibility index (Phi) is 3.13. The van der Waals surface area contributed by atoms with Crippen molar-refractivity contribution in [2.45, 2.75) is 19.9 Å². The van der Waals surface area contributed by atoms with E-state index in [1.807, 2.05) is 19.9 Å². The molecule has 88 valence electrons. The molecule has 1 aromatic carbocycles. The Morgan fingerprint density at radius 1 is 1.41 bits per heavy atom. The number of H-pyrrole nitrogens is 1. The molecule has 0 spiro atoms. The summed E-state index contributed by atoms with van der Waals surface area (Å²) in [7, 11) is 0. The second kappa shape index (κ2) is 4.73. The molecule has 0 saturated carbocycles. The van der Waals surface area contributed by atoms with E-state index in [2.05, 4.69) is 25.9 Å². The Bertz CT molecular complexity index is 506. The second-order valence-electron chi connectivity index (χ2n) is 3.94. The van der Waals surface area contributed by atoms with E-state index >= 15 is 0 Å². The van der Waals surface area contributed by atoms with Crippen LogP contribution in [0.25, 0.3) is 11.4 Å². The average molecular weight is 231 g/mol. The molecule has 0 bridgehead atoms. The third-order valence-corrected chi connectivity index (χ3v) is 2.15. The van der Waals surface area contributed by atoms with Gasteiger partial charge in [0.2, 0.25) is 5.82 Å². The van der Waals surface area contributed by atoms with Gasteiger partial charge in [-0.25, -0.2) is 0 Å². The normalized spacial score (nSPS) is 10.5. The lowest BCUT2D eigenvalue weighted by Gasteiger charge is -2.08. The van der Waals surface area contributed by atoms with Crippen LogP contribution in [-0.2, 0) is 0 Å². The fraction of sp³-hybridized carbons (Fsp3) is 0.273. The number of amides is 1. The van der Waals surface area contributed by atoms with Crippen molar-refractivity contribution in [2.24, 2.45) is 0 Å². The summed E-state index contributed by atoms with van der Waals surface area (Å²) in [6.07, 6.45) is 0. The summed E-state index contributed by atoms with van der Waals surface area (Å²) in [5.74, 6) is 0.370. The SMILES string of the molecule is CC(C)NC(=O)c1cccc(-c2nn[nH]n2)c1. The zero-order valence-electron chi connectivity index (χ0n) is 9.64. The first-order chi connectivity index (χ1) is 8.16. The number of carbonyl (C=O) groups is 1. The molecular weight excluding hydrogens is 218 g/mol. The monoisotopic (exact) mass is 231 g/mol. The smallest absolute Gasteiger partial charge is 0.251 e. The molecule has 0 aliphatic carbocycles. The first-order valence-corrected chi connectivity index (χ1v) is 5.31. The Morgan fingerprint density at radius 2 is 2.24 bits per heavy atom. The van der Waals surface area contributed by atoms with Gasteiger partial charge in [0.05, 0.1) is 0 Å². The number of nitrogens with one attached hydrogen (secondary N) is 2. The van der Waals surface area contributed by atoms with E-state index in [9.17, 15) is 4.79 Å². The molecule has 0 radical (unpaired) electrons. The van der Waals surface area contributed by atoms with Crippen LogP contribution in [0.4, 0.5) is 0 Å². The van der Waals surface area contributed by atoms with E-state index in [1.54, 1.807) is 18.2 Å². The van der Waals surface area contributed by atoms with Crippen LogP contribution in [0.5, 0.6) is 0 Å². The summed E-state index contributed by atoms with van der Waals surface area (Å²) in [5, 5.41) is 16.4. The minimum absolute atomic E-state index is 0.106. The molecule has 0 aliphatic rings. The van der Waals surface area contributed by atoms with Crippen LogP contribution in [-0.4, -0.2) is 32.6 Å². The molecular formula is C11H13N5O. The maximum atomic E-state index is 11.8. The predicted octanol–water partition coefficient (Wildman–Crippen LogP) is 1.00. The first-order valence-electron chi connectivity index (χ1n) is 5.31. The molecule has 1 heterocycles. The van der Waals surface area contributed by atoms with Gasteiger partial charge in [-0.2, -0.15) is 5.21 Å². The van der Waals surface area contributed by atoms with E-state index in [0.717, 1.165) is 5.56 Å². The highest BCUT2D eigenvalue weighted by Gasteiger charge is 2.09. The van der Waals surface area contributed by atoms with E-state index in [1.165, 1.54) is 0 Å². The first kappa shape index (κ1) is 11.3. The molecule has 0 saturated heterocycles. The Morgan fingerprint density at radius 3 is 2.88 bits per heavy atom. The van der Waals surface area contributed by atoms with Gasteiger partial charge in [-0.1, -0.05) is 12.1 Å². The van der Waals surface area contributed by atoms with Gasteiger partial charge in [-0.15, -0.1) is 10.2 Å². The highest BCUT2D eigenvalue weighted by molar-refractivity contribution is 5.95. The molecule has 2 aromatic rings. The van der Waals surface area contributed by atoms with E-state index in [0.29, 0.717) is 11.4 Å². The van der Waals surface area contributed by atoms with Crippen molar-refractivity contribution in [2.75, 3.05) is 0 Å². The zero-order chi connectivity index (χ0) is 12.3. The summed E-state index contributed by atoms with van der Waals surface area (Å²) in [4.78, 5) is 11.8. The van der Waals surface area contributed by atoms with Crippen molar-refractivity contribution in [1.29, 1.82) is 0 Å². The quantitative estimate of drug-likeness (QED) is 0.825. The van der Waals surface area contributed by atoms with Crippen LogP contribution >= 0.6 is 0 Å². The summed E-state index contributed by atoms with van der Waals surface area (Å²) in [6, 6.07) is 7.22. The van der Waals surface area contributed by atoms with Crippen LogP contribution in [0.3, 0.4) is 0 Å². The highest BCUT2D eigenvalue weighted by atomic mass is 16.1. The zero-order valence-corrected chi connectivity index (χ0v) is 9.64. The fourth-order valence-electron chi connectivity index (χ4n) is 1.43. The minimum Gasteiger partial charge on any atom is -0.350 e. The van der Waals surface area contributed by atoms with Gasteiger partial charge < -0.3 is 5.32 Å². The average Bonchev–Trinajstić information content (AvgIpc) is 2.82. The summed E-state index contributed by atoms with van der Waals surface area (Å²) < 4.78 is 0. The van der Waals surface area contributed by atoms with E-state index < -0.39 is 0 Å². The summed E-state index contributed by atoms with van der Waals surface area (Å²) in [5.41, 5.74) is 1.34. The Labute approximate surface area is 98.4 Å². The number of aromatic nitrogens is 4. The molecule has 0 atom stereocenters. The summed E-state index contributed by atoms with van der Waals surface area (Å²) >= 11 is 0. The number of carbonyl (C=O) groups excluding carboxylic acids is 1. The molecule has 0 aliphatic heterocycles. The van der Waals surface area contributed by atoms with Gasteiger partial charge >= 0.3 is 0 Å². The topological polar surface area (TPSA) is 83.6 Å². The number of hydrogen-bond acceptors (Lipinski definition) is 4. The van der Waals surface area contributed by atoms with Crippen LogP contribution in [0, 0.1) is 0 Å². The maximum Gasteiger partial charge on any atom is 0.251 e. The standard InChI is InChI=1S/C11H13N5O/c1-7(2)12-11(17)9-5-3-4-8(6-9)10-13-15-16-14-10/h3-7H,1-2H3,(H,12,17)(H,13,14,15,16). The number of aromatic amines is 1. The largest absolute Gasteiger partial charge is 0.350 e. The molecule has 0 fully saturated rings. The second-order valence-corrected chi connectivity index (χ2v) is 3.94. The van der Waals surface area contributed by atoms with Gasteiger partial charge in [0.15, 0.2) is 0 Å². The molecule has 6 heteroatoms. The lowest BCUT2D eigenvalue weighted by molar-refractivity contribution is 0.0943. The number of tetrazole rings is 1. The van der Waals surface area contributed by atoms with Gasteiger partial charge in [0, 0.05) is 17.2 Å². The predicted molar refractivity (Wildman–Crippen MR) is 62.2 cm³/mol. The van der Waals surface area contributed by atoms with E-state index in [4.69, 9.17) is 0 Å². The van der Waals surface area contributed by atoms with Gasteiger partial charge in [-0.05, 0) is 31.2 Å². The Hall–Kier alpha value is -2.24. The molecule has 2 rings (SSSR count). The van der Waals surface area contributed by atoms with Gasteiger partial charge in [-0.3, -0.25) is 4.79 Å². The highest BCUT2D eigenvalue weighted by Crippen LogP contribution is 2.14. The number of nitrogens with zero attached hydrogens (tertiary/aromatic N) is 3. The maximum absolute atomic E-state index is 11.8. The molecule has 1 amide bonds. The molecule has 1 aromatic heterocycles. The number of benzene rings is 1. The van der Waals surface area contributed by atoms with Crippen LogP contribution in [0.2, 0.25) is 0 Å². The fourth-order valence-corrected chi connectivity index (χ4v) is 1.43. The van der Waals surface area contributed by atoms with Crippen molar-refractivity contribution in [3.05, 3.63) is 29.8 Å². The molecule has 0 unspecified atom stereocenters. The third kappa shape index (κ3) is 2.66. The number of hydrogen-bond donors (Lipinski definition) is 2. The van der Waals surface area contributed by atoms with Crippen molar-refractivity contribution >= 4 is 5.91 Å². The van der Waals surface area contributed by atoms with Crippen molar-refractivity contribution in [3.8, 4) is 11.4 Å². The van der Waals surface area contributed by atoms with Crippen LogP contribution in [0.1, 0.15) is 24.2 Å². The lowest BCUT2D eigenvalue weighted by Crippen LogP contribution is -2.30.